The summed E-state index contributed by atoms with van der Waals surface area (Å²) in [6.45, 7) is 12.4. The molecule has 0 radical (unpaired) electrons. The van der Waals surface area contributed by atoms with E-state index in [2.05, 4.69) is 22.8 Å². The third-order valence-corrected chi connectivity index (χ3v) is 3.75. The van der Waals surface area contributed by atoms with Crippen molar-refractivity contribution in [2.24, 2.45) is 17.6 Å². The number of nitrogens with one attached hydrogen (secondary N) is 2. The van der Waals surface area contributed by atoms with Gasteiger partial charge in [-0.1, -0.05) is 45.9 Å². The lowest BCUT2D eigenvalue weighted by Gasteiger charge is -2.20. The molecule has 140 valence electrons. The Labute approximate surface area is 151 Å². The van der Waals surface area contributed by atoms with E-state index in [-0.39, 0.29) is 29.2 Å². The van der Waals surface area contributed by atoms with Crippen LogP contribution >= 0.6 is 0 Å². The van der Waals surface area contributed by atoms with Gasteiger partial charge < -0.3 is 16.4 Å². The predicted molar refractivity (Wildman–Crippen MR) is 102 cm³/mol. The van der Waals surface area contributed by atoms with Crippen LogP contribution < -0.4 is 16.4 Å². The van der Waals surface area contributed by atoms with Crippen LogP contribution in [0.15, 0.2) is 18.2 Å². The Kier molecular flexibility index (Phi) is 7.61. The number of rotatable bonds is 8. The van der Waals surface area contributed by atoms with Gasteiger partial charge in [0, 0.05) is 30.5 Å². The van der Waals surface area contributed by atoms with E-state index >= 15 is 0 Å². The summed E-state index contributed by atoms with van der Waals surface area (Å²) in [5.41, 5.74) is 8.98. The Morgan fingerprint density at radius 2 is 1.24 bits per heavy atom. The number of amides is 2. The zero-order chi connectivity index (χ0) is 19.2. The van der Waals surface area contributed by atoms with E-state index in [0.29, 0.717) is 13.1 Å². The van der Waals surface area contributed by atoms with Gasteiger partial charge in [-0.3, -0.25) is 9.59 Å². The second-order valence-corrected chi connectivity index (χ2v) is 8.07. The summed E-state index contributed by atoms with van der Waals surface area (Å²) in [7, 11) is 0. The minimum atomic E-state index is -0.321. The van der Waals surface area contributed by atoms with Gasteiger partial charge in [0.05, 0.1) is 0 Å². The van der Waals surface area contributed by atoms with Gasteiger partial charge in [0.15, 0.2) is 0 Å². The number of nitrogens with two attached hydrogens (primary N) is 1. The van der Waals surface area contributed by atoms with Crippen molar-refractivity contribution < 1.29 is 9.59 Å². The molecule has 0 atom stereocenters. The molecule has 0 aromatic heterocycles. The van der Waals surface area contributed by atoms with Gasteiger partial charge in [-0.2, -0.15) is 0 Å². The lowest BCUT2D eigenvalue weighted by molar-refractivity contribution is -0.124. The average Bonchev–Trinajstić information content (AvgIpc) is 2.48. The fourth-order valence-corrected chi connectivity index (χ4v) is 2.46. The minimum Gasteiger partial charge on any atom is -0.352 e. The van der Waals surface area contributed by atoms with Crippen LogP contribution in [0.5, 0.6) is 0 Å². The van der Waals surface area contributed by atoms with E-state index < -0.39 is 0 Å². The van der Waals surface area contributed by atoms with Crippen molar-refractivity contribution in [3.63, 3.8) is 0 Å². The quantitative estimate of drug-likeness (QED) is 0.675. The molecule has 0 fully saturated rings. The van der Waals surface area contributed by atoms with Gasteiger partial charge in [0.1, 0.15) is 0 Å². The molecule has 0 unspecified atom stereocenters. The van der Waals surface area contributed by atoms with Crippen LogP contribution in [0.25, 0.3) is 0 Å². The number of carbonyl (C=O) groups excluding carboxylic acids is 2. The molecular formula is C20H33N3O2. The summed E-state index contributed by atoms with van der Waals surface area (Å²) < 4.78 is 0. The third-order valence-electron chi connectivity index (χ3n) is 3.75. The fraction of sp³-hybridized carbons (Fsp3) is 0.600. The Bertz CT molecular complexity index is 559. The van der Waals surface area contributed by atoms with Gasteiger partial charge in [-0.15, -0.1) is 0 Å². The van der Waals surface area contributed by atoms with E-state index in [1.807, 2.05) is 47.6 Å². The number of hydrogen-bond donors (Lipinski definition) is 3. The average molecular weight is 348 g/mol. The maximum absolute atomic E-state index is 11.8. The molecule has 0 heterocycles. The molecule has 25 heavy (non-hydrogen) atoms. The molecule has 0 aliphatic rings. The largest absolute Gasteiger partial charge is 0.352 e. The normalized spacial score (nSPS) is 11.7. The molecule has 4 N–H and O–H groups in total. The van der Waals surface area contributed by atoms with Crippen LogP contribution in [-0.4, -0.2) is 17.4 Å². The first-order valence-electron chi connectivity index (χ1n) is 8.94. The van der Waals surface area contributed by atoms with Crippen LogP contribution in [-0.2, 0) is 29.1 Å². The highest BCUT2D eigenvalue weighted by Crippen LogP contribution is 2.16. The molecule has 0 bridgehead atoms. The highest BCUT2D eigenvalue weighted by molar-refractivity contribution is 5.78. The minimum absolute atomic E-state index is 0.0271. The van der Waals surface area contributed by atoms with Crippen molar-refractivity contribution in [2.45, 2.75) is 66.6 Å². The van der Waals surface area contributed by atoms with Gasteiger partial charge >= 0.3 is 0 Å². The Morgan fingerprint density at radius 1 is 0.880 bits per heavy atom. The molecule has 0 aliphatic heterocycles. The van der Waals surface area contributed by atoms with E-state index in [1.165, 1.54) is 0 Å². The van der Waals surface area contributed by atoms with Crippen LogP contribution in [0.3, 0.4) is 0 Å². The van der Waals surface area contributed by atoms with Crippen LogP contribution in [0.2, 0.25) is 0 Å². The summed E-state index contributed by atoms with van der Waals surface area (Å²) in [6, 6.07) is 6.17. The zero-order valence-electron chi connectivity index (χ0n) is 16.4. The summed E-state index contributed by atoms with van der Waals surface area (Å²) in [6.07, 6.45) is 0.726. The zero-order valence-corrected chi connectivity index (χ0v) is 16.4. The van der Waals surface area contributed by atoms with E-state index in [4.69, 9.17) is 5.73 Å². The van der Waals surface area contributed by atoms with E-state index in [1.54, 1.807) is 0 Å². The van der Waals surface area contributed by atoms with Gasteiger partial charge in [0.2, 0.25) is 11.8 Å². The van der Waals surface area contributed by atoms with Crippen LogP contribution in [0.1, 0.15) is 58.2 Å². The highest BCUT2D eigenvalue weighted by atomic mass is 16.2. The van der Waals surface area contributed by atoms with Gasteiger partial charge in [-0.05, 0) is 37.0 Å². The Morgan fingerprint density at radius 3 is 1.56 bits per heavy atom. The predicted octanol–water partition coefficient (Wildman–Crippen LogP) is 2.51. The molecule has 0 aliphatic carbocycles. The van der Waals surface area contributed by atoms with Crippen molar-refractivity contribution >= 4 is 11.8 Å². The number of hydrogen-bond acceptors (Lipinski definition) is 3. The second kappa shape index (κ2) is 8.99. The summed E-state index contributed by atoms with van der Waals surface area (Å²) >= 11 is 0. The summed E-state index contributed by atoms with van der Waals surface area (Å²) in [4.78, 5) is 23.6. The van der Waals surface area contributed by atoms with Crippen molar-refractivity contribution in [3.05, 3.63) is 34.9 Å². The molecule has 0 saturated heterocycles. The molecule has 0 spiro atoms. The lowest BCUT2D eigenvalue weighted by atomic mass is 9.93. The maximum atomic E-state index is 11.8. The van der Waals surface area contributed by atoms with Crippen LogP contribution in [0.4, 0.5) is 0 Å². The second-order valence-electron chi connectivity index (χ2n) is 8.07. The molecular weight excluding hydrogens is 314 g/mol. The first kappa shape index (κ1) is 21.2. The monoisotopic (exact) mass is 347 g/mol. The first-order valence-corrected chi connectivity index (χ1v) is 8.94. The Balaban J connectivity index is 2.94. The lowest BCUT2D eigenvalue weighted by Crippen LogP contribution is -2.34. The van der Waals surface area contributed by atoms with Crippen molar-refractivity contribution in [1.82, 2.24) is 10.6 Å². The topological polar surface area (TPSA) is 84.2 Å². The van der Waals surface area contributed by atoms with Crippen LogP contribution in [0, 0.1) is 11.8 Å². The molecule has 0 saturated carbocycles. The van der Waals surface area contributed by atoms with Gasteiger partial charge in [-0.25, -0.2) is 0 Å². The first-order chi connectivity index (χ1) is 11.5. The van der Waals surface area contributed by atoms with E-state index in [0.717, 1.165) is 23.1 Å². The maximum Gasteiger partial charge on any atom is 0.222 e. The standard InChI is InChI=1S/C20H33N3O2/c1-13(2)18(24)22-11-16-7-15(10-20(5,6)21)8-17(9-16)12-23-19(25)14(3)4/h7-9,13-14H,10-12,21H2,1-6H3,(H,22,24)(H,23,25). The van der Waals surface area contributed by atoms with Crippen molar-refractivity contribution in [3.8, 4) is 0 Å². The molecule has 5 nitrogen and oxygen atoms in total. The Hall–Kier alpha value is -1.88. The fourth-order valence-electron chi connectivity index (χ4n) is 2.46. The number of carbonyl (C=O) groups is 2. The molecule has 1 aromatic rings. The van der Waals surface area contributed by atoms with E-state index in [9.17, 15) is 9.59 Å². The van der Waals surface area contributed by atoms with Gasteiger partial charge in [0.25, 0.3) is 0 Å². The van der Waals surface area contributed by atoms with Crippen molar-refractivity contribution in [1.29, 1.82) is 0 Å². The summed E-state index contributed by atoms with van der Waals surface area (Å²) in [5, 5.41) is 5.88. The molecule has 1 rings (SSSR count). The molecule has 2 amide bonds. The molecule has 1 aromatic carbocycles. The number of benzene rings is 1. The summed E-state index contributed by atoms with van der Waals surface area (Å²) in [5.74, 6) is -0.0367. The highest BCUT2D eigenvalue weighted by Gasteiger charge is 2.14. The smallest absolute Gasteiger partial charge is 0.222 e. The molecule has 5 heteroatoms. The van der Waals surface area contributed by atoms with Crippen molar-refractivity contribution in [2.75, 3.05) is 0 Å². The SMILES string of the molecule is CC(C)C(=O)NCc1cc(CNC(=O)C(C)C)cc(CC(C)(C)N)c1. The third kappa shape index (κ3) is 8.16.